The number of oxazole rings is 1. The average Bonchev–Trinajstić information content (AvgIpc) is 2.50. The third-order valence-corrected chi connectivity index (χ3v) is 2.04. The van der Waals surface area contributed by atoms with E-state index in [2.05, 4.69) is 4.98 Å². The number of aryl methyl sites for hydroxylation is 1. The van der Waals surface area contributed by atoms with Crippen LogP contribution >= 0.6 is 0 Å². The van der Waals surface area contributed by atoms with E-state index in [-0.39, 0.29) is 11.9 Å². The first kappa shape index (κ1) is 8.25. The van der Waals surface area contributed by atoms with Crippen molar-refractivity contribution in [2.45, 2.75) is 19.5 Å². The summed E-state index contributed by atoms with van der Waals surface area (Å²) in [6, 6.07) is -0.323. The predicted molar refractivity (Wildman–Crippen MR) is 44.6 cm³/mol. The Morgan fingerprint density at radius 1 is 1.85 bits per heavy atom. The van der Waals surface area contributed by atoms with Gasteiger partial charge in [-0.1, -0.05) is 0 Å². The van der Waals surface area contributed by atoms with Crippen molar-refractivity contribution in [3.8, 4) is 0 Å². The number of aromatic nitrogens is 1. The van der Waals surface area contributed by atoms with E-state index in [9.17, 15) is 4.79 Å². The van der Waals surface area contributed by atoms with Crippen LogP contribution in [0.1, 0.15) is 11.7 Å². The lowest BCUT2D eigenvalue weighted by molar-refractivity contribution is -0.143. The van der Waals surface area contributed by atoms with Crippen LogP contribution in [0, 0.1) is 6.92 Å². The van der Waals surface area contributed by atoms with Gasteiger partial charge in [0.1, 0.15) is 11.8 Å². The van der Waals surface area contributed by atoms with E-state index in [0.29, 0.717) is 19.0 Å². The molecule has 13 heavy (non-hydrogen) atoms. The molecule has 0 aromatic carbocycles. The Morgan fingerprint density at radius 2 is 2.62 bits per heavy atom. The Morgan fingerprint density at radius 3 is 3.08 bits per heavy atom. The largest absolute Gasteiger partial charge is 0.444 e. The molecule has 0 saturated carbocycles. The van der Waals surface area contributed by atoms with Gasteiger partial charge in [0.15, 0.2) is 0 Å². The minimum Gasteiger partial charge on any atom is -0.444 e. The van der Waals surface area contributed by atoms with Crippen molar-refractivity contribution < 1.29 is 9.21 Å². The highest BCUT2D eigenvalue weighted by molar-refractivity contribution is 5.87. The summed E-state index contributed by atoms with van der Waals surface area (Å²) in [4.78, 5) is 16.7. The molecule has 70 valence electrons. The van der Waals surface area contributed by atoms with Gasteiger partial charge in [0, 0.05) is 6.54 Å². The minimum atomic E-state index is -0.323. The van der Waals surface area contributed by atoms with E-state index in [1.807, 2.05) is 6.92 Å². The number of nitrogens with zero attached hydrogens (tertiary/aromatic N) is 2. The second-order valence-corrected chi connectivity index (χ2v) is 3.19. The second-order valence-electron chi connectivity index (χ2n) is 3.19. The fourth-order valence-corrected chi connectivity index (χ4v) is 1.31. The number of rotatable bonds is 2. The van der Waals surface area contributed by atoms with Gasteiger partial charge in [0.2, 0.25) is 11.8 Å². The van der Waals surface area contributed by atoms with Gasteiger partial charge < -0.3 is 15.1 Å². The molecule has 0 radical (unpaired) electrons. The van der Waals surface area contributed by atoms with Crippen LogP contribution in [-0.4, -0.2) is 28.4 Å². The molecule has 2 N–H and O–H groups in total. The maximum Gasteiger partial charge on any atom is 0.241 e. The third kappa shape index (κ3) is 1.42. The highest BCUT2D eigenvalue weighted by Gasteiger charge is 2.33. The van der Waals surface area contributed by atoms with Crippen molar-refractivity contribution >= 4 is 5.91 Å². The van der Waals surface area contributed by atoms with E-state index in [1.165, 1.54) is 0 Å². The van der Waals surface area contributed by atoms with E-state index in [1.54, 1.807) is 11.1 Å². The van der Waals surface area contributed by atoms with Crippen molar-refractivity contribution in [3.05, 3.63) is 17.8 Å². The van der Waals surface area contributed by atoms with Crippen LogP contribution in [0.2, 0.25) is 0 Å². The monoisotopic (exact) mass is 181 g/mol. The lowest BCUT2D eigenvalue weighted by Crippen LogP contribution is -2.60. The highest BCUT2D eigenvalue weighted by atomic mass is 16.4. The van der Waals surface area contributed by atoms with Gasteiger partial charge in [-0.05, 0) is 6.92 Å². The molecule has 5 heteroatoms. The van der Waals surface area contributed by atoms with E-state index >= 15 is 0 Å². The van der Waals surface area contributed by atoms with E-state index < -0.39 is 0 Å². The number of nitrogens with two attached hydrogens (primary N) is 1. The number of carbonyl (C=O) groups is 1. The first-order valence-electron chi connectivity index (χ1n) is 4.12. The molecule has 5 nitrogen and oxygen atoms in total. The molecular weight excluding hydrogens is 170 g/mol. The smallest absolute Gasteiger partial charge is 0.241 e. The first-order valence-corrected chi connectivity index (χ1v) is 4.12. The summed E-state index contributed by atoms with van der Waals surface area (Å²) in [5.41, 5.74) is 5.43. The number of β-lactam (4-membered cyclic amide) rings is 1. The van der Waals surface area contributed by atoms with Crippen molar-refractivity contribution in [3.63, 3.8) is 0 Å². The van der Waals surface area contributed by atoms with Gasteiger partial charge in [0.25, 0.3) is 0 Å². The molecule has 1 unspecified atom stereocenters. The van der Waals surface area contributed by atoms with Crippen LogP contribution in [0.3, 0.4) is 0 Å². The van der Waals surface area contributed by atoms with Crippen molar-refractivity contribution in [1.29, 1.82) is 0 Å². The summed E-state index contributed by atoms with van der Waals surface area (Å²) >= 11 is 0. The molecule has 0 spiro atoms. The number of likely N-dealkylation sites (tertiary alicyclic amines) is 1. The van der Waals surface area contributed by atoms with Crippen molar-refractivity contribution in [2.75, 3.05) is 6.54 Å². The van der Waals surface area contributed by atoms with Gasteiger partial charge in [-0.2, -0.15) is 0 Å². The minimum absolute atomic E-state index is 0.0316. The van der Waals surface area contributed by atoms with Crippen LogP contribution < -0.4 is 5.73 Å². The standard InChI is InChI=1S/C8H11N3O2/c1-5-2-10-7(13-5)4-11-3-6(9)8(11)12/h2,6H,3-4,9H2,1H3. The Kier molecular flexibility index (Phi) is 1.81. The molecule has 1 aliphatic rings. The van der Waals surface area contributed by atoms with E-state index in [0.717, 1.165) is 5.76 Å². The third-order valence-electron chi connectivity index (χ3n) is 2.04. The normalized spacial score (nSPS) is 21.8. The topological polar surface area (TPSA) is 72.4 Å². The fraction of sp³-hybridized carbons (Fsp3) is 0.500. The molecule has 1 aromatic heterocycles. The fourth-order valence-electron chi connectivity index (χ4n) is 1.31. The molecule has 1 atom stereocenters. The summed E-state index contributed by atoms with van der Waals surface area (Å²) in [6.07, 6.45) is 1.64. The average molecular weight is 181 g/mol. The van der Waals surface area contributed by atoms with Crippen LogP contribution in [0.5, 0.6) is 0 Å². The summed E-state index contributed by atoms with van der Waals surface area (Å²) in [6.45, 7) is 2.85. The number of amides is 1. The Hall–Kier alpha value is -1.36. The zero-order chi connectivity index (χ0) is 9.42. The first-order chi connectivity index (χ1) is 6.16. The molecular formula is C8H11N3O2. The Balaban J connectivity index is 1.96. The van der Waals surface area contributed by atoms with Gasteiger partial charge in [0.05, 0.1) is 12.7 Å². The molecule has 2 heterocycles. The molecule has 1 aromatic rings. The molecule has 1 fully saturated rings. The summed E-state index contributed by atoms with van der Waals surface area (Å²) < 4.78 is 5.23. The zero-order valence-electron chi connectivity index (χ0n) is 7.36. The van der Waals surface area contributed by atoms with Crippen LogP contribution in [0.4, 0.5) is 0 Å². The quantitative estimate of drug-likeness (QED) is 0.633. The van der Waals surface area contributed by atoms with Gasteiger partial charge in [-0.15, -0.1) is 0 Å². The molecule has 2 rings (SSSR count). The van der Waals surface area contributed by atoms with Crippen molar-refractivity contribution in [2.24, 2.45) is 5.73 Å². The number of hydrogen-bond acceptors (Lipinski definition) is 4. The summed E-state index contributed by atoms with van der Waals surface area (Å²) in [5, 5.41) is 0. The van der Waals surface area contributed by atoms with Gasteiger partial charge >= 0.3 is 0 Å². The highest BCUT2D eigenvalue weighted by Crippen LogP contribution is 2.13. The molecule has 0 aliphatic carbocycles. The lowest BCUT2D eigenvalue weighted by atomic mass is 10.1. The molecule has 0 bridgehead atoms. The zero-order valence-corrected chi connectivity index (χ0v) is 7.36. The van der Waals surface area contributed by atoms with Crippen LogP contribution in [-0.2, 0) is 11.3 Å². The molecule has 1 saturated heterocycles. The van der Waals surface area contributed by atoms with Gasteiger partial charge in [-0.3, -0.25) is 4.79 Å². The molecule has 1 aliphatic heterocycles. The number of hydrogen-bond donors (Lipinski definition) is 1. The summed E-state index contributed by atoms with van der Waals surface area (Å²) in [7, 11) is 0. The molecule has 1 amide bonds. The van der Waals surface area contributed by atoms with Crippen LogP contribution in [0.15, 0.2) is 10.6 Å². The Labute approximate surface area is 75.5 Å². The van der Waals surface area contributed by atoms with Crippen LogP contribution in [0.25, 0.3) is 0 Å². The maximum atomic E-state index is 11.1. The Bertz CT molecular complexity index is 334. The SMILES string of the molecule is Cc1cnc(CN2CC(N)C2=O)o1. The summed E-state index contributed by atoms with van der Waals surface area (Å²) in [5.74, 6) is 1.29. The van der Waals surface area contributed by atoms with Gasteiger partial charge in [-0.25, -0.2) is 4.98 Å². The predicted octanol–water partition coefficient (Wildman–Crippen LogP) is -0.347. The van der Waals surface area contributed by atoms with Crippen molar-refractivity contribution in [1.82, 2.24) is 9.88 Å². The lowest BCUT2D eigenvalue weighted by Gasteiger charge is -2.34. The second kappa shape index (κ2) is 2.85. The van der Waals surface area contributed by atoms with E-state index in [4.69, 9.17) is 10.2 Å². The number of carbonyl (C=O) groups excluding carboxylic acids is 1. The maximum absolute atomic E-state index is 11.1.